The Morgan fingerprint density at radius 3 is 2.80 bits per heavy atom. The molecule has 0 bridgehead atoms. The van der Waals surface area contributed by atoms with Crippen molar-refractivity contribution in [2.45, 2.75) is 64.9 Å². The minimum absolute atomic E-state index is 0.0375. The number of hydrogen-bond acceptors (Lipinski definition) is 1. The Morgan fingerprint density at radius 1 is 1.10 bits per heavy atom. The topological polar surface area (TPSA) is 20.2 Å². The molecule has 0 aromatic rings. The van der Waals surface area contributed by atoms with E-state index in [0.717, 1.165) is 24.2 Å². The maximum absolute atomic E-state index is 10.4. The van der Waals surface area contributed by atoms with Gasteiger partial charge in [0.15, 0.2) is 0 Å². The van der Waals surface area contributed by atoms with Gasteiger partial charge in [-0.25, -0.2) is 0 Å². The summed E-state index contributed by atoms with van der Waals surface area (Å²) < 4.78 is 0. The highest BCUT2D eigenvalue weighted by Crippen LogP contribution is 2.64. The van der Waals surface area contributed by atoms with Gasteiger partial charge in [-0.3, -0.25) is 0 Å². The van der Waals surface area contributed by atoms with E-state index in [9.17, 15) is 5.11 Å². The molecule has 0 aliphatic heterocycles. The second-order valence-electron chi connectivity index (χ2n) is 8.29. The lowest BCUT2D eigenvalue weighted by Gasteiger charge is -2.57. The maximum Gasteiger partial charge on any atom is 0.0596 e. The van der Waals surface area contributed by atoms with E-state index in [2.05, 4.69) is 32.1 Å². The van der Waals surface area contributed by atoms with E-state index < -0.39 is 0 Å². The van der Waals surface area contributed by atoms with Gasteiger partial charge in [0, 0.05) is 0 Å². The van der Waals surface area contributed by atoms with Crippen LogP contribution >= 0.6 is 0 Å². The average Bonchev–Trinajstić information content (AvgIpc) is 2.74. The quantitative estimate of drug-likeness (QED) is 0.689. The van der Waals surface area contributed by atoms with E-state index in [4.69, 9.17) is 0 Å². The SMILES string of the molecule is C[C@]12CC[C@H]3[C@H](CCC4=CC=CC[C@@]43C)[C@@H]1CC[C@@H]2O. The molecule has 20 heavy (non-hydrogen) atoms. The van der Waals surface area contributed by atoms with Crippen LogP contribution in [0.4, 0.5) is 0 Å². The Morgan fingerprint density at radius 2 is 1.95 bits per heavy atom. The fourth-order valence-electron chi connectivity index (χ4n) is 6.35. The first-order valence-corrected chi connectivity index (χ1v) is 8.60. The third-order valence-corrected chi connectivity index (χ3v) is 7.66. The second-order valence-corrected chi connectivity index (χ2v) is 8.29. The van der Waals surface area contributed by atoms with Gasteiger partial charge >= 0.3 is 0 Å². The van der Waals surface area contributed by atoms with Crippen LogP contribution in [-0.2, 0) is 0 Å². The van der Waals surface area contributed by atoms with E-state index in [0.29, 0.717) is 5.41 Å². The molecule has 0 spiro atoms. The largest absolute Gasteiger partial charge is 0.393 e. The van der Waals surface area contributed by atoms with Gasteiger partial charge in [0.2, 0.25) is 0 Å². The van der Waals surface area contributed by atoms with Crippen LogP contribution in [-0.4, -0.2) is 11.2 Å². The molecule has 1 N–H and O–H groups in total. The highest BCUT2D eigenvalue weighted by Gasteiger charge is 2.58. The normalized spacial score (nSPS) is 53.9. The van der Waals surface area contributed by atoms with Crippen molar-refractivity contribution in [2.24, 2.45) is 28.6 Å². The summed E-state index contributed by atoms with van der Waals surface area (Å²) >= 11 is 0. The Hall–Kier alpha value is -0.560. The van der Waals surface area contributed by atoms with Gasteiger partial charge in [0.25, 0.3) is 0 Å². The summed E-state index contributed by atoms with van der Waals surface area (Å²) in [5, 5.41) is 10.4. The number of aliphatic hydroxyl groups excluding tert-OH is 1. The first-order valence-electron chi connectivity index (χ1n) is 8.60. The molecule has 3 fully saturated rings. The number of allylic oxidation sites excluding steroid dienone is 4. The molecule has 0 unspecified atom stereocenters. The van der Waals surface area contributed by atoms with Crippen LogP contribution in [0.15, 0.2) is 23.8 Å². The Labute approximate surface area is 123 Å². The van der Waals surface area contributed by atoms with Crippen molar-refractivity contribution in [1.82, 2.24) is 0 Å². The van der Waals surface area contributed by atoms with E-state index in [1.54, 1.807) is 5.57 Å². The number of fused-ring (bicyclic) bond motifs is 5. The third-order valence-electron chi connectivity index (χ3n) is 7.66. The molecule has 3 saturated carbocycles. The van der Waals surface area contributed by atoms with Crippen LogP contribution in [0.1, 0.15) is 58.8 Å². The molecule has 0 saturated heterocycles. The molecule has 0 aromatic carbocycles. The lowest BCUT2D eigenvalue weighted by molar-refractivity contribution is -0.0701. The van der Waals surface area contributed by atoms with Gasteiger partial charge in [0.1, 0.15) is 0 Å². The summed E-state index contributed by atoms with van der Waals surface area (Å²) in [5.74, 6) is 2.50. The predicted octanol–water partition coefficient (Wildman–Crippen LogP) is 4.48. The summed E-state index contributed by atoms with van der Waals surface area (Å²) in [6.07, 6.45) is 15.8. The molecule has 1 heteroatoms. The molecule has 1 nitrogen and oxygen atoms in total. The van der Waals surface area contributed by atoms with Gasteiger partial charge in [0.05, 0.1) is 6.10 Å². The minimum atomic E-state index is -0.0375. The first kappa shape index (κ1) is 13.1. The fraction of sp³-hybridized carbons (Fsp3) is 0.789. The molecule has 0 heterocycles. The van der Waals surface area contributed by atoms with Crippen LogP contribution in [0.3, 0.4) is 0 Å². The van der Waals surface area contributed by atoms with Crippen molar-refractivity contribution in [2.75, 3.05) is 0 Å². The molecular formula is C19H28O. The maximum atomic E-state index is 10.4. The van der Waals surface area contributed by atoms with Gasteiger partial charge in [-0.2, -0.15) is 0 Å². The molecule has 0 aromatic heterocycles. The summed E-state index contributed by atoms with van der Waals surface area (Å²) in [4.78, 5) is 0. The molecule has 110 valence electrons. The summed E-state index contributed by atoms with van der Waals surface area (Å²) in [7, 11) is 0. The van der Waals surface area contributed by atoms with Gasteiger partial charge < -0.3 is 5.11 Å². The van der Waals surface area contributed by atoms with Crippen molar-refractivity contribution >= 4 is 0 Å². The number of rotatable bonds is 0. The van der Waals surface area contributed by atoms with Crippen molar-refractivity contribution in [3.63, 3.8) is 0 Å². The number of hydrogen-bond donors (Lipinski definition) is 1. The minimum Gasteiger partial charge on any atom is -0.393 e. The van der Waals surface area contributed by atoms with E-state index >= 15 is 0 Å². The molecule has 4 aliphatic rings. The van der Waals surface area contributed by atoms with Crippen molar-refractivity contribution in [1.29, 1.82) is 0 Å². The lowest BCUT2D eigenvalue weighted by atomic mass is 9.48. The van der Waals surface area contributed by atoms with Crippen molar-refractivity contribution in [3.05, 3.63) is 23.8 Å². The van der Waals surface area contributed by atoms with Gasteiger partial charge in [-0.05, 0) is 73.5 Å². The summed E-state index contributed by atoms with van der Waals surface area (Å²) in [6, 6.07) is 0. The van der Waals surface area contributed by atoms with Crippen LogP contribution in [0.25, 0.3) is 0 Å². The zero-order valence-electron chi connectivity index (χ0n) is 12.9. The Bertz CT molecular complexity index is 476. The van der Waals surface area contributed by atoms with Crippen LogP contribution in [0.5, 0.6) is 0 Å². The van der Waals surface area contributed by atoms with Crippen LogP contribution in [0, 0.1) is 28.6 Å². The highest BCUT2D eigenvalue weighted by atomic mass is 16.3. The molecule has 6 atom stereocenters. The Kier molecular flexibility index (Phi) is 2.77. The zero-order valence-corrected chi connectivity index (χ0v) is 12.9. The first-order chi connectivity index (χ1) is 9.56. The van der Waals surface area contributed by atoms with Gasteiger partial charge in [-0.15, -0.1) is 0 Å². The molecular weight excluding hydrogens is 244 g/mol. The Balaban J connectivity index is 1.69. The summed E-state index contributed by atoms with van der Waals surface area (Å²) in [6.45, 7) is 4.90. The standard InChI is InChI=1S/C19H28O/c1-18-11-4-3-5-13(18)6-7-14-15-8-9-17(20)19(15,2)12-10-16(14)18/h3-5,14-17,20H,6-12H2,1-2H3/t14-,15+,16+,17+,18+,19+/m1/s1. The number of aliphatic hydroxyl groups is 1. The molecule has 0 radical (unpaired) electrons. The van der Waals surface area contributed by atoms with E-state index in [1.165, 1.54) is 38.5 Å². The van der Waals surface area contributed by atoms with E-state index in [-0.39, 0.29) is 11.5 Å². The molecule has 0 amide bonds. The smallest absolute Gasteiger partial charge is 0.0596 e. The van der Waals surface area contributed by atoms with E-state index in [1.807, 2.05) is 0 Å². The summed E-state index contributed by atoms with van der Waals surface area (Å²) in [5.41, 5.74) is 2.36. The average molecular weight is 272 g/mol. The fourth-order valence-corrected chi connectivity index (χ4v) is 6.35. The van der Waals surface area contributed by atoms with Crippen molar-refractivity contribution in [3.8, 4) is 0 Å². The van der Waals surface area contributed by atoms with Crippen LogP contribution < -0.4 is 0 Å². The van der Waals surface area contributed by atoms with Crippen LogP contribution in [0.2, 0.25) is 0 Å². The van der Waals surface area contributed by atoms with Crippen molar-refractivity contribution < 1.29 is 5.11 Å². The van der Waals surface area contributed by atoms with Gasteiger partial charge in [-0.1, -0.05) is 37.6 Å². The zero-order chi connectivity index (χ0) is 14.0. The molecule has 4 aliphatic carbocycles. The second kappa shape index (κ2) is 4.22. The molecule has 4 rings (SSSR count). The predicted molar refractivity (Wildman–Crippen MR) is 82.2 cm³/mol. The third kappa shape index (κ3) is 1.53. The monoisotopic (exact) mass is 272 g/mol. The lowest BCUT2D eigenvalue weighted by Crippen LogP contribution is -2.50. The highest BCUT2D eigenvalue weighted by molar-refractivity contribution is 5.30.